The Hall–Kier alpha value is -2.33. The molecule has 1 N–H and O–H groups in total. The minimum Gasteiger partial charge on any atom is -0.373 e. The van der Waals surface area contributed by atoms with Gasteiger partial charge in [0, 0.05) is 24.3 Å². The minimum absolute atomic E-state index is 0.102. The number of aromatic nitrogens is 1. The molecule has 1 fully saturated rings. The first-order valence-electron chi connectivity index (χ1n) is 9.66. The zero-order valence-corrected chi connectivity index (χ0v) is 18.6. The molecule has 0 spiro atoms. The number of rotatable bonds is 4. The number of nitrogens with zero attached hydrogens (tertiary/aromatic N) is 2. The highest BCUT2D eigenvalue weighted by Gasteiger charge is 2.32. The summed E-state index contributed by atoms with van der Waals surface area (Å²) in [7, 11) is -3.72. The summed E-state index contributed by atoms with van der Waals surface area (Å²) in [5, 5.41) is 3.80. The Labute approximate surface area is 179 Å². The number of thiazole rings is 1. The van der Waals surface area contributed by atoms with Crippen molar-refractivity contribution in [1.82, 2.24) is 9.29 Å². The van der Waals surface area contributed by atoms with Crippen LogP contribution in [0.3, 0.4) is 0 Å². The van der Waals surface area contributed by atoms with Crippen LogP contribution in [0.25, 0.3) is 10.2 Å². The zero-order chi connectivity index (χ0) is 21.5. The molecule has 1 saturated heterocycles. The van der Waals surface area contributed by atoms with Crippen LogP contribution in [0.4, 0.5) is 5.69 Å². The van der Waals surface area contributed by atoms with E-state index in [1.165, 1.54) is 16.4 Å². The summed E-state index contributed by atoms with van der Waals surface area (Å²) in [6.45, 7) is 6.21. The molecule has 9 heteroatoms. The van der Waals surface area contributed by atoms with Crippen LogP contribution >= 0.6 is 11.3 Å². The Morgan fingerprint density at radius 2 is 1.90 bits per heavy atom. The SMILES string of the molecule is Cc1nc2ccc(NC(=O)c3cccc(S(=O)(=O)N4C[C@@H](C)O[C@@H](C)C4)c3)cc2s1. The number of anilines is 1. The number of morpholine rings is 1. The summed E-state index contributed by atoms with van der Waals surface area (Å²) in [6, 6.07) is 11.6. The number of hydrogen-bond donors (Lipinski definition) is 1. The highest BCUT2D eigenvalue weighted by molar-refractivity contribution is 7.89. The number of sulfonamides is 1. The number of carbonyl (C=O) groups is 1. The second-order valence-electron chi connectivity index (χ2n) is 7.48. The molecule has 0 bridgehead atoms. The summed E-state index contributed by atoms with van der Waals surface area (Å²) >= 11 is 1.55. The number of hydrogen-bond acceptors (Lipinski definition) is 6. The minimum atomic E-state index is -3.72. The normalized spacial score (nSPS) is 20.4. The van der Waals surface area contributed by atoms with Crippen molar-refractivity contribution in [3.05, 3.63) is 53.0 Å². The Morgan fingerprint density at radius 3 is 2.63 bits per heavy atom. The van der Waals surface area contributed by atoms with Crippen molar-refractivity contribution in [1.29, 1.82) is 0 Å². The van der Waals surface area contributed by atoms with Crippen LogP contribution in [-0.2, 0) is 14.8 Å². The fraction of sp³-hybridized carbons (Fsp3) is 0.333. The molecule has 3 aromatic rings. The highest BCUT2D eigenvalue weighted by atomic mass is 32.2. The first-order valence-corrected chi connectivity index (χ1v) is 11.9. The van der Waals surface area contributed by atoms with Crippen LogP contribution < -0.4 is 5.32 Å². The van der Waals surface area contributed by atoms with E-state index in [1.807, 2.05) is 32.9 Å². The summed E-state index contributed by atoms with van der Waals surface area (Å²) in [6.07, 6.45) is -0.361. The van der Waals surface area contributed by atoms with Crippen molar-refractivity contribution in [2.45, 2.75) is 37.9 Å². The van der Waals surface area contributed by atoms with Crippen molar-refractivity contribution >= 4 is 43.2 Å². The van der Waals surface area contributed by atoms with E-state index in [0.717, 1.165) is 15.2 Å². The molecule has 1 aromatic heterocycles. The van der Waals surface area contributed by atoms with Crippen LogP contribution in [0, 0.1) is 6.92 Å². The van der Waals surface area contributed by atoms with Crippen molar-refractivity contribution in [2.75, 3.05) is 18.4 Å². The van der Waals surface area contributed by atoms with Crippen LogP contribution in [-0.4, -0.2) is 48.9 Å². The quantitative estimate of drug-likeness (QED) is 0.662. The van der Waals surface area contributed by atoms with Gasteiger partial charge >= 0.3 is 0 Å². The van der Waals surface area contributed by atoms with E-state index < -0.39 is 10.0 Å². The molecule has 0 radical (unpaired) electrons. The predicted octanol–water partition coefficient (Wildman–Crippen LogP) is 3.65. The largest absolute Gasteiger partial charge is 0.373 e. The number of ether oxygens (including phenoxy) is 1. The highest BCUT2D eigenvalue weighted by Crippen LogP contribution is 2.26. The Kier molecular flexibility index (Phi) is 5.63. The molecule has 0 aliphatic carbocycles. The average molecular weight is 446 g/mol. The van der Waals surface area contributed by atoms with Gasteiger partial charge in [-0.25, -0.2) is 13.4 Å². The smallest absolute Gasteiger partial charge is 0.255 e. The molecular weight excluding hydrogens is 422 g/mol. The second kappa shape index (κ2) is 8.07. The first kappa shape index (κ1) is 20.9. The molecule has 1 aliphatic heterocycles. The van der Waals surface area contributed by atoms with E-state index in [4.69, 9.17) is 4.74 Å². The molecule has 30 heavy (non-hydrogen) atoms. The Morgan fingerprint density at radius 1 is 1.17 bits per heavy atom. The van der Waals surface area contributed by atoms with Crippen molar-refractivity contribution < 1.29 is 17.9 Å². The van der Waals surface area contributed by atoms with Gasteiger partial charge < -0.3 is 10.1 Å². The molecule has 0 saturated carbocycles. The van der Waals surface area contributed by atoms with Gasteiger partial charge in [-0.3, -0.25) is 4.79 Å². The summed E-state index contributed by atoms with van der Waals surface area (Å²) < 4.78 is 34.2. The molecule has 158 valence electrons. The number of amides is 1. The van der Waals surface area contributed by atoms with E-state index in [1.54, 1.807) is 29.5 Å². The molecule has 2 aromatic carbocycles. The number of aryl methyl sites for hydroxylation is 1. The van der Waals surface area contributed by atoms with Gasteiger partial charge in [0.15, 0.2) is 0 Å². The van der Waals surface area contributed by atoms with Crippen molar-refractivity contribution in [3.63, 3.8) is 0 Å². The lowest BCUT2D eigenvalue weighted by Gasteiger charge is -2.34. The van der Waals surface area contributed by atoms with Crippen molar-refractivity contribution in [3.8, 4) is 0 Å². The summed E-state index contributed by atoms with van der Waals surface area (Å²) in [5.41, 5.74) is 1.81. The monoisotopic (exact) mass is 445 g/mol. The third kappa shape index (κ3) is 4.24. The molecule has 2 heterocycles. The Bertz CT molecular complexity index is 1200. The van der Waals surface area contributed by atoms with Crippen LogP contribution in [0.15, 0.2) is 47.4 Å². The van der Waals surface area contributed by atoms with Gasteiger partial charge in [0.2, 0.25) is 10.0 Å². The molecule has 1 aliphatic rings. The first-order chi connectivity index (χ1) is 14.2. The molecule has 7 nitrogen and oxygen atoms in total. The maximum atomic E-state index is 13.1. The lowest BCUT2D eigenvalue weighted by molar-refractivity contribution is -0.0440. The Balaban J connectivity index is 1.56. The molecule has 0 unspecified atom stereocenters. The van der Waals surface area contributed by atoms with E-state index in [2.05, 4.69) is 10.3 Å². The lowest BCUT2D eigenvalue weighted by atomic mass is 10.2. The van der Waals surface area contributed by atoms with Gasteiger partial charge in [-0.1, -0.05) is 6.07 Å². The second-order valence-corrected chi connectivity index (χ2v) is 10.6. The topological polar surface area (TPSA) is 88.6 Å². The number of benzene rings is 2. The van der Waals surface area contributed by atoms with E-state index in [-0.39, 0.29) is 41.7 Å². The van der Waals surface area contributed by atoms with Gasteiger partial charge in [-0.2, -0.15) is 4.31 Å². The maximum Gasteiger partial charge on any atom is 0.255 e. The summed E-state index contributed by atoms with van der Waals surface area (Å²) in [4.78, 5) is 17.3. The van der Waals surface area contributed by atoms with E-state index in [9.17, 15) is 13.2 Å². The van der Waals surface area contributed by atoms with Crippen LogP contribution in [0.1, 0.15) is 29.2 Å². The standard InChI is InChI=1S/C21H23N3O4S2/c1-13-11-24(12-14(2)28-13)30(26,27)18-6-4-5-16(9-18)21(25)23-17-7-8-19-20(10-17)29-15(3)22-19/h4-10,13-14H,11-12H2,1-3H3,(H,23,25)/t13-,14+. The fourth-order valence-electron chi connectivity index (χ4n) is 3.59. The van der Waals surface area contributed by atoms with Crippen LogP contribution in [0.2, 0.25) is 0 Å². The van der Waals surface area contributed by atoms with E-state index in [0.29, 0.717) is 5.69 Å². The van der Waals surface area contributed by atoms with Gasteiger partial charge in [0.05, 0.1) is 32.3 Å². The summed E-state index contributed by atoms with van der Waals surface area (Å²) in [5.74, 6) is -0.364. The molecule has 1 amide bonds. The fourth-order valence-corrected chi connectivity index (χ4v) is 6.10. The third-order valence-electron chi connectivity index (χ3n) is 4.87. The number of nitrogens with one attached hydrogen (secondary N) is 1. The predicted molar refractivity (Wildman–Crippen MR) is 118 cm³/mol. The number of fused-ring (bicyclic) bond motifs is 1. The third-order valence-corrected chi connectivity index (χ3v) is 7.63. The van der Waals surface area contributed by atoms with Crippen molar-refractivity contribution in [2.24, 2.45) is 0 Å². The lowest BCUT2D eigenvalue weighted by Crippen LogP contribution is -2.48. The molecular formula is C21H23N3O4S2. The molecule has 4 rings (SSSR count). The zero-order valence-electron chi connectivity index (χ0n) is 17.0. The average Bonchev–Trinajstić information content (AvgIpc) is 3.06. The molecule has 2 atom stereocenters. The maximum absolute atomic E-state index is 13.1. The van der Waals surface area contributed by atoms with Gasteiger partial charge in [-0.05, 0) is 57.2 Å². The van der Waals surface area contributed by atoms with Crippen LogP contribution in [0.5, 0.6) is 0 Å². The van der Waals surface area contributed by atoms with E-state index >= 15 is 0 Å². The van der Waals surface area contributed by atoms with Gasteiger partial charge in [0.1, 0.15) is 0 Å². The number of carbonyl (C=O) groups excluding carboxylic acids is 1. The van der Waals surface area contributed by atoms with Gasteiger partial charge in [0.25, 0.3) is 5.91 Å². The van der Waals surface area contributed by atoms with Gasteiger partial charge in [-0.15, -0.1) is 11.3 Å².